The summed E-state index contributed by atoms with van der Waals surface area (Å²) in [4.78, 5) is 18.7. The van der Waals surface area contributed by atoms with Crippen molar-refractivity contribution in [3.8, 4) is 5.69 Å². The summed E-state index contributed by atoms with van der Waals surface area (Å²) in [7, 11) is 0. The number of nitrogens with zero attached hydrogens (tertiary/aromatic N) is 4. The molecule has 0 radical (unpaired) electrons. The van der Waals surface area contributed by atoms with Crippen LogP contribution in [0.3, 0.4) is 0 Å². The molecule has 0 aliphatic carbocycles. The summed E-state index contributed by atoms with van der Waals surface area (Å²) in [5.74, 6) is 1.55. The number of anilines is 1. The van der Waals surface area contributed by atoms with Gasteiger partial charge in [-0.3, -0.25) is 9.78 Å². The van der Waals surface area contributed by atoms with E-state index in [1.54, 1.807) is 39.9 Å². The second-order valence-corrected chi connectivity index (χ2v) is 7.11. The summed E-state index contributed by atoms with van der Waals surface area (Å²) in [5, 5.41) is 4.65. The SMILES string of the molecule is C=CCSCC(C)C(=O)N(CCC)c1cn(-c2cccnc2)nc1Cl. The first-order valence-electron chi connectivity index (χ1n) is 8.24. The van der Waals surface area contributed by atoms with Gasteiger partial charge in [0, 0.05) is 30.2 Å². The molecule has 0 fully saturated rings. The van der Waals surface area contributed by atoms with Crippen LogP contribution in [0, 0.1) is 5.92 Å². The first-order valence-corrected chi connectivity index (χ1v) is 9.77. The van der Waals surface area contributed by atoms with Crippen LogP contribution in [0.15, 0.2) is 43.4 Å². The number of halogens is 1. The Morgan fingerprint density at radius 2 is 2.36 bits per heavy atom. The highest BCUT2D eigenvalue weighted by atomic mass is 35.5. The summed E-state index contributed by atoms with van der Waals surface area (Å²) < 4.78 is 1.65. The average Bonchev–Trinajstić information content (AvgIpc) is 3.01. The number of hydrogen-bond donors (Lipinski definition) is 0. The highest BCUT2D eigenvalue weighted by Crippen LogP contribution is 2.28. The Balaban J connectivity index is 2.23. The topological polar surface area (TPSA) is 51.0 Å². The molecule has 1 amide bonds. The molecule has 0 saturated carbocycles. The van der Waals surface area contributed by atoms with Crippen molar-refractivity contribution >= 4 is 35.0 Å². The highest BCUT2D eigenvalue weighted by Gasteiger charge is 2.25. The van der Waals surface area contributed by atoms with Crippen molar-refractivity contribution < 1.29 is 4.79 Å². The van der Waals surface area contributed by atoms with Crippen molar-refractivity contribution in [2.24, 2.45) is 5.92 Å². The van der Waals surface area contributed by atoms with E-state index < -0.39 is 0 Å². The largest absolute Gasteiger partial charge is 0.308 e. The molecule has 2 heterocycles. The Bertz CT molecular complexity index is 704. The average molecular weight is 379 g/mol. The molecule has 7 heteroatoms. The predicted molar refractivity (Wildman–Crippen MR) is 106 cm³/mol. The van der Waals surface area contributed by atoms with E-state index in [1.807, 2.05) is 32.1 Å². The lowest BCUT2D eigenvalue weighted by atomic mass is 10.1. The molecule has 5 nitrogen and oxygen atoms in total. The van der Waals surface area contributed by atoms with E-state index in [-0.39, 0.29) is 11.8 Å². The summed E-state index contributed by atoms with van der Waals surface area (Å²) >= 11 is 8.04. The Kier molecular flexibility index (Phi) is 7.52. The number of thioether (sulfide) groups is 1. The summed E-state index contributed by atoms with van der Waals surface area (Å²) in [6.07, 6.45) is 7.88. The molecule has 134 valence electrons. The third-order valence-electron chi connectivity index (χ3n) is 3.59. The number of carbonyl (C=O) groups excluding carboxylic acids is 1. The van der Waals surface area contributed by atoms with Gasteiger partial charge in [-0.1, -0.05) is 31.5 Å². The van der Waals surface area contributed by atoms with Gasteiger partial charge < -0.3 is 4.90 Å². The van der Waals surface area contributed by atoms with E-state index in [1.165, 1.54) is 0 Å². The molecular formula is C18H23ClN4OS. The van der Waals surface area contributed by atoms with Crippen molar-refractivity contribution in [1.29, 1.82) is 0 Å². The van der Waals surface area contributed by atoms with Crippen LogP contribution in [0.25, 0.3) is 5.69 Å². The number of hydrogen-bond acceptors (Lipinski definition) is 4. The van der Waals surface area contributed by atoms with Gasteiger partial charge in [0.25, 0.3) is 0 Å². The second-order valence-electron chi connectivity index (χ2n) is 5.68. The molecule has 2 aromatic heterocycles. The molecule has 0 N–H and O–H groups in total. The van der Waals surface area contributed by atoms with Crippen LogP contribution in [0.5, 0.6) is 0 Å². The van der Waals surface area contributed by atoms with E-state index in [2.05, 4.69) is 16.7 Å². The number of pyridine rings is 1. The maximum Gasteiger partial charge on any atom is 0.230 e. The van der Waals surface area contributed by atoms with Crippen LogP contribution < -0.4 is 4.90 Å². The zero-order valence-corrected chi connectivity index (χ0v) is 16.1. The Labute approximate surface area is 158 Å². The maximum atomic E-state index is 12.9. The lowest BCUT2D eigenvalue weighted by Gasteiger charge is -2.24. The van der Waals surface area contributed by atoms with Gasteiger partial charge >= 0.3 is 0 Å². The molecule has 0 spiro atoms. The fourth-order valence-corrected chi connectivity index (χ4v) is 3.42. The van der Waals surface area contributed by atoms with E-state index >= 15 is 0 Å². The summed E-state index contributed by atoms with van der Waals surface area (Å²) in [6.45, 7) is 8.30. The Hall–Kier alpha value is -1.79. The first-order chi connectivity index (χ1) is 12.1. The fourth-order valence-electron chi connectivity index (χ4n) is 2.38. The molecule has 2 rings (SSSR count). The van der Waals surface area contributed by atoms with Crippen LogP contribution in [0.1, 0.15) is 20.3 Å². The van der Waals surface area contributed by atoms with Gasteiger partial charge in [0.05, 0.1) is 18.1 Å². The number of carbonyl (C=O) groups is 1. The van der Waals surface area contributed by atoms with Crippen molar-refractivity contribution in [2.75, 3.05) is 23.0 Å². The van der Waals surface area contributed by atoms with Crippen molar-refractivity contribution in [2.45, 2.75) is 20.3 Å². The van der Waals surface area contributed by atoms with Crippen LogP contribution in [0.2, 0.25) is 5.15 Å². The van der Waals surface area contributed by atoms with Crippen LogP contribution >= 0.6 is 23.4 Å². The molecule has 1 atom stereocenters. The van der Waals surface area contributed by atoms with Crippen LogP contribution in [-0.4, -0.2) is 38.7 Å². The minimum absolute atomic E-state index is 0.0612. The Morgan fingerprint density at radius 1 is 1.56 bits per heavy atom. The zero-order valence-electron chi connectivity index (χ0n) is 14.6. The van der Waals surface area contributed by atoms with Gasteiger partial charge in [0.15, 0.2) is 5.15 Å². The quantitative estimate of drug-likeness (QED) is 0.484. The third kappa shape index (κ3) is 5.09. The molecular weight excluding hydrogens is 356 g/mol. The van der Waals surface area contributed by atoms with E-state index in [4.69, 9.17) is 11.6 Å². The van der Waals surface area contributed by atoms with Gasteiger partial charge in [0.2, 0.25) is 5.91 Å². The maximum absolute atomic E-state index is 12.9. The van der Waals surface area contributed by atoms with Crippen LogP contribution in [0.4, 0.5) is 5.69 Å². The lowest BCUT2D eigenvalue weighted by Crippen LogP contribution is -2.36. The van der Waals surface area contributed by atoms with Crippen molar-refractivity contribution in [1.82, 2.24) is 14.8 Å². The van der Waals surface area contributed by atoms with E-state index in [9.17, 15) is 4.79 Å². The minimum atomic E-state index is -0.102. The molecule has 0 bridgehead atoms. The monoisotopic (exact) mass is 378 g/mol. The van der Waals surface area contributed by atoms with Crippen molar-refractivity contribution in [3.05, 3.63) is 48.5 Å². The molecule has 0 aliphatic heterocycles. The summed E-state index contributed by atoms with van der Waals surface area (Å²) in [5.41, 5.74) is 1.44. The van der Waals surface area contributed by atoms with E-state index in [0.717, 1.165) is 23.6 Å². The standard InChI is InChI=1S/C18H23ClN4OS/c1-4-9-22(18(24)14(3)13-25-10-5-2)16-12-23(21-17(16)19)15-7-6-8-20-11-15/h5-8,11-12,14H,2,4,9-10,13H2,1,3H3. The lowest BCUT2D eigenvalue weighted by molar-refractivity contribution is -0.121. The van der Waals surface area contributed by atoms with Gasteiger partial charge in [-0.2, -0.15) is 16.9 Å². The fraction of sp³-hybridized carbons (Fsp3) is 0.389. The normalized spacial score (nSPS) is 12.0. The molecule has 0 aromatic carbocycles. The van der Waals surface area contributed by atoms with E-state index in [0.29, 0.717) is 17.4 Å². The molecule has 0 aliphatic rings. The minimum Gasteiger partial charge on any atom is -0.308 e. The molecule has 0 saturated heterocycles. The van der Waals surface area contributed by atoms with Crippen molar-refractivity contribution in [3.63, 3.8) is 0 Å². The Morgan fingerprint density at radius 3 is 3.00 bits per heavy atom. The van der Waals surface area contributed by atoms with Gasteiger partial charge in [-0.25, -0.2) is 4.68 Å². The molecule has 25 heavy (non-hydrogen) atoms. The predicted octanol–water partition coefficient (Wildman–Crippen LogP) is 4.22. The zero-order chi connectivity index (χ0) is 18.2. The molecule has 1 unspecified atom stereocenters. The first kappa shape index (κ1) is 19.5. The number of rotatable bonds is 9. The second kappa shape index (κ2) is 9.63. The van der Waals surface area contributed by atoms with Crippen LogP contribution in [-0.2, 0) is 4.79 Å². The number of aromatic nitrogens is 3. The third-order valence-corrected chi connectivity index (χ3v) is 5.07. The highest BCUT2D eigenvalue weighted by molar-refractivity contribution is 7.99. The number of amides is 1. The van der Waals surface area contributed by atoms with Gasteiger partial charge in [-0.15, -0.1) is 6.58 Å². The van der Waals surface area contributed by atoms with Gasteiger partial charge in [-0.05, 0) is 18.6 Å². The smallest absolute Gasteiger partial charge is 0.230 e. The van der Waals surface area contributed by atoms with Gasteiger partial charge in [0.1, 0.15) is 5.69 Å². The molecule has 2 aromatic rings. The summed E-state index contributed by atoms with van der Waals surface area (Å²) in [6, 6.07) is 3.72.